The average Bonchev–Trinajstić information content (AvgIpc) is 3.23. The van der Waals surface area contributed by atoms with Gasteiger partial charge in [0.2, 0.25) is 0 Å². The molecule has 2 aromatic carbocycles. The van der Waals surface area contributed by atoms with Crippen LogP contribution >= 0.6 is 0 Å². The quantitative estimate of drug-likeness (QED) is 0.845. The Labute approximate surface area is 141 Å². The van der Waals surface area contributed by atoms with Crippen LogP contribution in [0, 0.1) is 17.8 Å². The van der Waals surface area contributed by atoms with Gasteiger partial charge in [-0.2, -0.15) is 0 Å². The molecule has 3 nitrogen and oxygen atoms in total. The zero-order chi connectivity index (χ0) is 16.3. The number of hydrogen-bond donors (Lipinski definition) is 2. The van der Waals surface area contributed by atoms with E-state index in [0.29, 0.717) is 23.4 Å². The lowest BCUT2D eigenvalue weighted by Crippen LogP contribution is -2.35. The van der Waals surface area contributed by atoms with E-state index in [-0.39, 0.29) is 0 Å². The summed E-state index contributed by atoms with van der Waals surface area (Å²) in [5.74, 6) is 2.05. The molecule has 0 spiro atoms. The molecule has 0 radical (unpaired) electrons. The highest BCUT2D eigenvalue weighted by Gasteiger charge is 2.53. The molecule has 122 valence electrons. The van der Waals surface area contributed by atoms with Crippen molar-refractivity contribution in [3.8, 4) is 0 Å². The standard InChI is InChI=1S/C21H21NO2/c23-21(24)13-7-5-12(6-8-13)20-19-15-10-9-14(11-15)18(19)16-3-1-2-4-17(16)22-20/h1-8,14-15,18-20,22H,9-11H2,(H,23,24)/t14-,15-,18+,19-,20-/m0/s1. The van der Waals surface area contributed by atoms with Crippen LogP contribution in [0.5, 0.6) is 0 Å². The fourth-order valence-corrected chi connectivity index (χ4v) is 5.60. The average molecular weight is 319 g/mol. The number of carbonyl (C=O) groups is 1. The van der Waals surface area contributed by atoms with Crippen molar-refractivity contribution in [1.82, 2.24) is 0 Å². The minimum Gasteiger partial charge on any atom is -0.478 e. The van der Waals surface area contributed by atoms with Gasteiger partial charge in [0.25, 0.3) is 0 Å². The first kappa shape index (κ1) is 14.1. The van der Waals surface area contributed by atoms with Crippen molar-refractivity contribution in [1.29, 1.82) is 0 Å². The van der Waals surface area contributed by atoms with E-state index >= 15 is 0 Å². The number of benzene rings is 2. The van der Waals surface area contributed by atoms with Crippen LogP contribution in [-0.4, -0.2) is 11.1 Å². The summed E-state index contributed by atoms with van der Waals surface area (Å²) in [4.78, 5) is 11.1. The first-order valence-corrected chi connectivity index (χ1v) is 8.91. The van der Waals surface area contributed by atoms with Gasteiger partial charge >= 0.3 is 5.97 Å². The maximum atomic E-state index is 11.1. The Morgan fingerprint density at radius 2 is 1.75 bits per heavy atom. The summed E-state index contributed by atoms with van der Waals surface area (Å²) in [6, 6.07) is 16.5. The van der Waals surface area contributed by atoms with Crippen LogP contribution in [-0.2, 0) is 0 Å². The number of para-hydroxylation sites is 1. The summed E-state index contributed by atoms with van der Waals surface area (Å²) in [6.07, 6.45) is 4.07. The third-order valence-electron chi connectivity index (χ3n) is 6.51. The number of nitrogens with one attached hydrogen (secondary N) is 1. The van der Waals surface area contributed by atoms with Crippen LogP contribution in [0.2, 0.25) is 0 Å². The van der Waals surface area contributed by atoms with E-state index < -0.39 is 5.97 Å². The molecule has 24 heavy (non-hydrogen) atoms. The molecular weight excluding hydrogens is 298 g/mol. The third-order valence-corrected chi connectivity index (χ3v) is 6.51. The minimum absolute atomic E-state index is 0.294. The van der Waals surface area contributed by atoms with Gasteiger partial charge in [0.15, 0.2) is 0 Å². The molecule has 3 heteroatoms. The highest BCUT2D eigenvalue weighted by atomic mass is 16.4. The summed E-state index contributed by atoms with van der Waals surface area (Å²) >= 11 is 0. The van der Waals surface area contributed by atoms with Gasteiger partial charge in [0.1, 0.15) is 0 Å². The van der Waals surface area contributed by atoms with Crippen LogP contribution < -0.4 is 5.32 Å². The molecule has 2 saturated carbocycles. The number of carboxylic acid groups (broad SMARTS) is 1. The largest absolute Gasteiger partial charge is 0.478 e. The lowest BCUT2D eigenvalue weighted by molar-refractivity contribution is 0.0697. The molecule has 5 atom stereocenters. The zero-order valence-electron chi connectivity index (χ0n) is 13.5. The van der Waals surface area contributed by atoms with Crippen molar-refractivity contribution < 1.29 is 9.90 Å². The van der Waals surface area contributed by atoms with E-state index in [4.69, 9.17) is 5.11 Å². The van der Waals surface area contributed by atoms with E-state index in [2.05, 4.69) is 29.6 Å². The number of fused-ring (bicyclic) bond motifs is 7. The van der Waals surface area contributed by atoms with E-state index in [9.17, 15) is 4.79 Å². The van der Waals surface area contributed by atoms with Crippen molar-refractivity contribution in [3.05, 3.63) is 65.2 Å². The molecular formula is C21H21NO2. The number of hydrogen-bond acceptors (Lipinski definition) is 2. The second-order valence-corrected chi connectivity index (χ2v) is 7.57. The van der Waals surface area contributed by atoms with E-state index in [1.807, 2.05) is 12.1 Å². The van der Waals surface area contributed by atoms with Crippen LogP contribution in [0.1, 0.15) is 52.7 Å². The van der Waals surface area contributed by atoms with Crippen molar-refractivity contribution in [2.75, 3.05) is 5.32 Å². The van der Waals surface area contributed by atoms with Gasteiger partial charge in [-0.15, -0.1) is 0 Å². The van der Waals surface area contributed by atoms with E-state index in [1.165, 1.54) is 36.1 Å². The van der Waals surface area contributed by atoms with Crippen LogP contribution in [0.4, 0.5) is 5.69 Å². The van der Waals surface area contributed by atoms with Crippen molar-refractivity contribution >= 4 is 11.7 Å². The highest BCUT2D eigenvalue weighted by Crippen LogP contribution is 2.63. The first-order valence-electron chi connectivity index (χ1n) is 8.91. The fraction of sp³-hybridized carbons (Fsp3) is 0.381. The molecule has 3 aliphatic rings. The van der Waals surface area contributed by atoms with Gasteiger partial charge in [0, 0.05) is 5.69 Å². The summed E-state index contributed by atoms with van der Waals surface area (Å²) in [5, 5.41) is 12.9. The fourth-order valence-electron chi connectivity index (χ4n) is 5.60. The van der Waals surface area contributed by atoms with Gasteiger partial charge in [-0.1, -0.05) is 30.3 Å². The van der Waals surface area contributed by atoms with Gasteiger partial charge in [-0.05, 0) is 72.3 Å². The number of carboxylic acids is 1. The molecule has 5 rings (SSSR count). The van der Waals surface area contributed by atoms with Gasteiger partial charge in [0.05, 0.1) is 11.6 Å². The molecule has 0 aromatic heterocycles. The Balaban J connectivity index is 1.58. The Morgan fingerprint density at radius 3 is 2.54 bits per heavy atom. The highest BCUT2D eigenvalue weighted by molar-refractivity contribution is 5.87. The molecule has 2 fully saturated rings. The lowest BCUT2D eigenvalue weighted by atomic mass is 9.68. The number of rotatable bonds is 2. The summed E-state index contributed by atoms with van der Waals surface area (Å²) in [6.45, 7) is 0. The van der Waals surface area contributed by atoms with Crippen molar-refractivity contribution in [3.63, 3.8) is 0 Å². The van der Waals surface area contributed by atoms with Gasteiger partial charge < -0.3 is 10.4 Å². The smallest absolute Gasteiger partial charge is 0.335 e. The third kappa shape index (κ3) is 1.94. The molecule has 2 N–H and O–H groups in total. The van der Waals surface area contributed by atoms with Crippen LogP contribution in [0.3, 0.4) is 0 Å². The second-order valence-electron chi connectivity index (χ2n) is 7.57. The molecule has 0 amide bonds. The summed E-state index contributed by atoms with van der Waals surface area (Å²) in [7, 11) is 0. The Kier molecular flexibility index (Phi) is 2.99. The maximum absolute atomic E-state index is 11.1. The molecule has 1 aliphatic heterocycles. The zero-order valence-corrected chi connectivity index (χ0v) is 13.5. The molecule has 2 bridgehead atoms. The number of anilines is 1. The summed E-state index contributed by atoms with van der Waals surface area (Å²) in [5.41, 5.74) is 4.34. The molecule has 0 saturated heterocycles. The predicted octanol–water partition coefficient (Wildman–Crippen LogP) is 4.68. The van der Waals surface area contributed by atoms with Crippen molar-refractivity contribution in [2.45, 2.75) is 31.2 Å². The molecule has 1 heterocycles. The van der Waals surface area contributed by atoms with Crippen molar-refractivity contribution in [2.24, 2.45) is 17.8 Å². The van der Waals surface area contributed by atoms with Crippen LogP contribution in [0.15, 0.2) is 48.5 Å². The Hall–Kier alpha value is -2.29. The van der Waals surface area contributed by atoms with Crippen LogP contribution in [0.25, 0.3) is 0 Å². The van der Waals surface area contributed by atoms with E-state index in [1.54, 1.807) is 12.1 Å². The topological polar surface area (TPSA) is 49.3 Å². The molecule has 2 aromatic rings. The normalized spacial score (nSPS) is 32.8. The first-order chi connectivity index (χ1) is 11.7. The predicted molar refractivity (Wildman–Crippen MR) is 93.3 cm³/mol. The number of aromatic carboxylic acids is 1. The van der Waals surface area contributed by atoms with E-state index in [0.717, 1.165) is 11.8 Å². The Bertz CT molecular complexity index is 798. The summed E-state index contributed by atoms with van der Waals surface area (Å²) < 4.78 is 0. The second kappa shape index (κ2) is 5.10. The Morgan fingerprint density at radius 1 is 1.00 bits per heavy atom. The minimum atomic E-state index is -0.860. The SMILES string of the molecule is O=C(O)c1ccc([C@@H]2Nc3ccccc3[C@H]3[C@H]4CC[C@@H](C4)[C@@H]32)cc1. The van der Waals surface area contributed by atoms with Gasteiger partial charge in [-0.3, -0.25) is 0 Å². The maximum Gasteiger partial charge on any atom is 0.335 e. The monoisotopic (exact) mass is 319 g/mol. The van der Waals surface area contributed by atoms with Gasteiger partial charge in [-0.25, -0.2) is 4.79 Å². The molecule has 2 aliphatic carbocycles. The molecule has 0 unspecified atom stereocenters. The lowest BCUT2D eigenvalue weighted by Gasteiger charge is -2.43.